The fourth-order valence-corrected chi connectivity index (χ4v) is 1.23. The number of amides is 1. The van der Waals surface area contributed by atoms with Crippen molar-refractivity contribution in [3.63, 3.8) is 0 Å². The van der Waals surface area contributed by atoms with Crippen LogP contribution in [0.25, 0.3) is 0 Å². The van der Waals surface area contributed by atoms with E-state index in [1.54, 1.807) is 24.3 Å². The van der Waals surface area contributed by atoms with Crippen LogP contribution in [0.3, 0.4) is 0 Å². The Morgan fingerprint density at radius 1 is 1.46 bits per heavy atom. The van der Waals surface area contributed by atoms with Crippen molar-refractivity contribution in [2.24, 2.45) is 0 Å². The number of hydrogen-bond acceptors (Lipinski definition) is 4. The molecule has 0 aromatic heterocycles. The number of carbonyl (C=O) groups is 1. The second-order valence-electron chi connectivity index (χ2n) is 2.08. The number of nitrogens with one attached hydrogen (secondary N) is 1. The fraction of sp³-hybridized carbons (Fsp3) is 0.125. The van der Waals surface area contributed by atoms with Gasteiger partial charge in [-0.05, 0) is 36.2 Å². The van der Waals surface area contributed by atoms with Crippen LogP contribution in [0.5, 0.6) is 5.75 Å². The minimum absolute atomic E-state index is 0.334. The van der Waals surface area contributed by atoms with E-state index in [4.69, 9.17) is 9.84 Å². The van der Waals surface area contributed by atoms with Crippen molar-refractivity contribution in [1.29, 1.82) is 0 Å². The summed E-state index contributed by atoms with van der Waals surface area (Å²) < 4.78 is 7.28. The second-order valence-corrected chi connectivity index (χ2v) is 2.99. The number of aliphatic hydroxyl groups excluding tert-OH is 1. The summed E-state index contributed by atoms with van der Waals surface area (Å²) in [5, 5.41) is 8.44. The van der Waals surface area contributed by atoms with Crippen LogP contribution in [0, 0.1) is 0 Å². The van der Waals surface area contributed by atoms with Crippen molar-refractivity contribution in [2.45, 2.75) is 4.90 Å². The number of rotatable bonds is 5. The van der Waals surface area contributed by atoms with Gasteiger partial charge in [0.25, 0.3) is 0 Å². The maximum Gasteiger partial charge on any atom is 0.217 e. The Bertz CT molecular complexity index is 263. The maximum atomic E-state index is 9.96. The Morgan fingerprint density at radius 2 is 2.15 bits per heavy atom. The van der Waals surface area contributed by atoms with Crippen LogP contribution in [0.2, 0.25) is 0 Å². The normalized spacial score (nSPS) is 9.31. The molecule has 0 atom stereocenters. The first-order chi connectivity index (χ1) is 6.36. The lowest BCUT2D eigenvalue weighted by Crippen LogP contribution is -1.97. The molecule has 0 aliphatic carbocycles. The molecule has 0 spiro atoms. The first kappa shape index (κ1) is 9.88. The molecule has 0 bridgehead atoms. The van der Waals surface area contributed by atoms with Gasteiger partial charge in [0.15, 0.2) is 6.79 Å². The van der Waals surface area contributed by atoms with Crippen molar-refractivity contribution >= 4 is 18.4 Å². The Hall–Kier alpha value is -1.20. The zero-order chi connectivity index (χ0) is 9.52. The summed E-state index contributed by atoms with van der Waals surface area (Å²) in [5.74, 6) is 0.595. The molecule has 0 radical (unpaired) electrons. The lowest BCUT2D eigenvalue weighted by Gasteiger charge is -2.02. The topological polar surface area (TPSA) is 58.6 Å². The Kier molecular flexibility index (Phi) is 4.14. The van der Waals surface area contributed by atoms with E-state index in [1.807, 2.05) is 0 Å². The summed E-state index contributed by atoms with van der Waals surface area (Å²) in [6.07, 6.45) is 0.614. The lowest BCUT2D eigenvalue weighted by atomic mass is 10.3. The summed E-state index contributed by atoms with van der Waals surface area (Å²) in [7, 11) is 0. The Morgan fingerprint density at radius 3 is 2.69 bits per heavy atom. The molecule has 13 heavy (non-hydrogen) atoms. The highest BCUT2D eigenvalue weighted by molar-refractivity contribution is 7.97. The molecule has 4 nitrogen and oxygen atoms in total. The van der Waals surface area contributed by atoms with Crippen LogP contribution < -0.4 is 9.46 Å². The third kappa shape index (κ3) is 3.35. The van der Waals surface area contributed by atoms with Gasteiger partial charge in [0.2, 0.25) is 6.41 Å². The van der Waals surface area contributed by atoms with Crippen molar-refractivity contribution in [3.05, 3.63) is 24.3 Å². The second kappa shape index (κ2) is 5.45. The molecule has 1 aromatic rings. The number of aliphatic hydroxyl groups is 1. The number of ether oxygens (including phenoxy) is 1. The number of hydrogen-bond donors (Lipinski definition) is 2. The maximum absolute atomic E-state index is 9.96. The molecule has 1 rings (SSSR count). The van der Waals surface area contributed by atoms with E-state index >= 15 is 0 Å². The quantitative estimate of drug-likeness (QED) is 0.418. The minimum atomic E-state index is -0.334. The first-order valence-electron chi connectivity index (χ1n) is 3.56. The van der Waals surface area contributed by atoms with Gasteiger partial charge in [-0.3, -0.25) is 9.52 Å². The molecule has 2 N–H and O–H groups in total. The average Bonchev–Trinajstić information content (AvgIpc) is 2.17. The van der Waals surface area contributed by atoms with E-state index in [2.05, 4.69) is 4.72 Å². The number of carbonyl (C=O) groups excluding carboxylic acids is 1. The van der Waals surface area contributed by atoms with E-state index in [0.717, 1.165) is 4.90 Å². The highest BCUT2D eigenvalue weighted by atomic mass is 32.2. The van der Waals surface area contributed by atoms with Gasteiger partial charge in [-0.2, -0.15) is 0 Å². The summed E-state index contributed by atoms with van der Waals surface area (Å²) in [5.41, 5.74) is 0. The van der Waals surface area contributed by atoms with Crippen LogP contribution in [0.1, 0.15) is 0 Å². The first-order valence-corrected chi connectivity index (χ1v) is 4.38. The van der Waals surface area contributed by atoms with E-state index in [0.29, 0.717) is 12.2 Å². The van der Waals surface area contributed by atoms with Gasteiger partial charge in [-0.25, -0.2) is 0 Å². The van der Waals surface area contributed by atoms with Gasteiger partial charge < -0.3 is 9.84 Å². The van der Waals surface area contributed by atoms with E-state index < -0.39 is 0 Å². The predicted molar refractivity (Wildman–Crippen MR) is 49.2 cm³/mol. The van der Waals surface area contributed by atoms with Crippen LogP contribution in [-0.2, 0) is 4.79 Å². The van der Waals surface area contributed by atoms with Crippen molar-refractivity contribution < 1.29 is 14.6 Å². The van der Waals surface area contributed by atoms with E-state index in [9.17, 15) is 4.79 Å². The molecule has 0 fully saturated rings. The molecular weight excluding hydrogens is 190 g/mol. The summed E-state index contributed by atoms with van der Waals surface area (Å²) in [6.45, 7) is -0.334. The van der Waals surface area contributed by atoms with Gasteiger partial charge in [0.05, 0.1) is 0 Å². The molecule has 0 unspecified atom stereocenters. The minimum Gasteiger partial charge on any atom is -0.468 e. The zero-order valence-corrected chi connectivity index (χ0v) is 7.58. The van der Waals surface area contributed by atoms with E-state index in [1.165, 1.54) is 11.9 Å². The number of benzene rings is 1. The highest BCUT2D eigenvalue weighted by Crippen LogP contribution is 2.18. The lowest BCUT2D eigenvalue weighted by molar-refractivity contribution is -0.107. The third-order valence-electron chi connectivity index (χ3n) is 1.28. The van der Waals surface area contributed by atoms with Crippen molar-refractivity contribution in [2.75, 3.05) is 6.79 Å². The third-order valence-corrected chi connectivity index (χ3v) is 2.00. The summed E-state index contributed by atoms with van der Waals surface area (Å²) >= 11 is 1.21. The molecular formula is C8H9NO3S. The molecule has 1 aromatic carbocycles. The SMILES string of the molecule is O=CNSc1ccc(OCO)cc1. The fourth-order valence-electron chi connectivity index (χ4n) is 0.771. The average molecular weight is 199 g/mol. The van der Waals surface area contributed by atoms with Gasteiger partial charge in [0.1, 0.15) is 5.75 Å². The molecule has 70 valence electrons. The van der Waals surface area contributed by atoms with Gasteiger partial charge in [-0.1, -0.05) is 0 Å². The Balaban J connectivity index is 2.53. The van der Waals surface area contributed by atoms with E-state index in [-0.39, 0.29) is 6.79 Å². The van der Waals surface area contributed by atoms with Crippen LogP contribution in [0.4, 0.5) is 0 Å². The predicted octanol–water partition coefficient (Wildman–Crippen LogP) is 0.768. The van der Waals surface area contributed by atoms with Crippen LogP contribution in [-0.4, -0.2) is 18.3 Å². The van der Waals surface area contributed by atoms with Gasteiger partial charge in [0, 0.05) is 4.90 Å². The van der Waals surface area contributed by atoms with Crippen LogP contribution >= 0.6 is 11.9 Å². The molecule has 0 heterocycles. The highest BCUT2D eigenvalue weighted by Gasteiger charge is 1.94. The monoisotopic (exact) mass is 199 g/mol. The van der Waals surface area contributed by atoms with Crippen LogP contribution in [0.15, 0.2) is 29.2 Å². The molecule has 0 aliphatic heterocycles. The molecule has 1 amide bonds. The molecule has 0 saturated carbocycles. The Labute approximate surface area is 80.0 Å². The summed E-state index contributed by atoms with van der Waals surface area (Å²) in [6, 6.07) is 6.99. The van der Waals surface area contributed by atoms with Gasteiger partial charge in [-0.15, -0.1) is 0 Å². The van der Waals surface area contributed by atoms with Crippen molar-refractivity contribution in [3.8, 4) is 5.75 Å². The largest absolute Gasteiger partial charge is 0.468 e. The molecule has 5 heteroatoms. The molecule has 0 saturated heterocycles. The summed E-state index contributed by atoms with van der Waals surface area (Å²) in [4.78, 5) is 10.9. The standard InChI is InChI=1S/C8H9NO3S/c10-5-9-13-8-3-1-7(2-4-8)12-6-11/h1-5,11H,6H2,(H,9,10). The smallest absolute Gasteiger partial charge is 0.217 e. The zero-order valence-electron chi connectivity index (χ0n) is 6.77. The van der Waals surface area contributed by atoms with Gasteiger partial charge >= 0.3 is 0 Å². The van der Waals surface area contributed by atoms with Crippen molar-refractivity contribution in [1.82, 2.24) is 4.72 Å². The molecule has 0 aliphatic rings.